The molecule has 4 N–H and O–H groups in total. The number of aliphatic hydroxyl groups is 3. The van der Waals surface area contributed by atoms with Crippen LogP contribution in [0.2, 0.25) is 5.02 Å². The van der Waals surface area contributed by atoms with E-state index in [1.54, 1.807) is 49.4 Å². The molecule has 2 aromatic carbocycles. The summed E-state index contributed by atoms with van der Waals surface area (Å²) in [6, 6.07) is 11.3. The van der Waals surface area contributed by atoms with Crippen molar-refractivity contribution >= 4 is 46.3 Å². The molecule has 2 heterocycles. The van der Waals surface area contributed by atoms with E-state index in [-0.39, 0.29) is 12.3 Å². The molecule has 0 spiro atoms. The number of nitrogens with zero attached hydrogens (tertiary/aromatic N) is 1. The maximum Gasteiger partial charge on any atom is 0.346 e. The Labute approximate surface area is 237 Å². The van der Waals surface area contributed by atoms with Crippen LogP contribution in [0.25, 0.3) is 10.9 Å². The van der Waals surface area contributed by atoms with Crippen LogP contribution in [0, 0.1) is 6.92 Å². The van der Waals surface area contributed by atoms with Gasteiger partial charge in [-0.2, -0.15) is 0 Å². The highest BCUT2D eigenvalue weighted by Crippen LogP contribution is 2.31. The fourth-order valence-corrected chi connectivity index (χ4v) is 4.57. The molecule has 1 aliphatic heterocycles. The predicted octanol–water partition coefficient (Wildman–Crippen LogP) is 0.821. The van der Waals surface area contributed by atoms with Crippen molar-refractivity contribution in [3.05, 3.63) is 64.3 Å². The minimum Gasteiger partial charge on any atom is -0.497 e. The highest BCUT2D eigenvalue weighted by molar-refractivity contribution is 6.30. The summed E-state index contributed by atoms with van der Waals surface area (Å²) in [6.45, 7) is 0.712. The summed E-state index contributed by atoms with van der Waals surface area (Å²) in [5.74, 6) is -3.62. The third-order valence-corrected chi connectivity index (χ3v) is 6.82. The van der Waals surface area contributed by atoms with Gasteiger partial charge in [0.25, 0.3) is 5.91 Å². The van der Waals surface area contributed by atoms with Crippen LogP contribution in [0.4, 0.5) is 0 Å². The Bertz CT molecular complexity index is 1480. The van der Waals surface area contributed by atoms with Gasteiger partial charge in [0.15, 0.2) is 12.7 Å². The molecule has 5 atom stereocenters. The Morgan fingerprint density at radius 3 is 2.29 bits per heavy atom. The van der Waals surface area contributed by atoms with E-state index < -0.39 is 55.2 Å². The molecule has 0 amide bonds. The van der Waals surface area contributed by atoms with E-state index >= 15 is 0 Å². The van der Waals surface area contributed by atoms with Crippen LogP contribution < -0.4 is 4.74 Å². The topological polar surface area (TPSA) is 191 Å². The fourth-order valence-electron chi connectivity index (χ4n) is 4.44. The number of rotatable bonds is 8. The lowest BCUT2D eigenvalue weighted by Crippen LogP contribution is -2.60. The zero-order chi connectivity index (χ0) is 30.0. The Morgan fingerprint density at radius 1 is 0.976 bits per heavy atom. The molecule has 1 fully saturated rings. The van der Waals surface area contributed by atoms with Gasteiger partial charge in [0.05, 0.1) is 19.0 Å². The van der Waals surface area contributed by atoms with Crippen molar-refractivity contribution in [1.82, 2.24) is 4.57 Å². The monoisotopic (exact) mass is 591 g/mol. The highest BCUT2D eigenvalue weighted by atomic mass is 35.5. The largest absolute Gasteiger partial charge is 0.497 e. The predicted molar refractivity (Wildman–Crippen MR) is 139 cm³/mol. The van der Waals surface area contributed by atoms with E-state index in [0.29, 0.717) is 38.5 Å². The molecule has 3 aromatic rings. The van der Waals surface area contributed by atoms with Crippen LogP contribution in [0.1, 0.15) is 21.6 Å². The number of carbonyl (C=O) groups is 4. The molecule has 0 radical (unpaired) electrons. The zero-order valence-electron chi connectivity index (χ0n) is 21.7. The van der Waals surface area contributed by atoms with Crippen molar-refractivity contribution in [2.75, 3.05) is 13.7 Å². The first kappa shape index (κ1) is 30.0. The standard InChI is InChI=1S/C27H26ClNO12/c1-12-16(10-19(30)39-11-20(31)40-27-23(34)21(32)22(33)24(41-27)26(36)37)17-9-15(38-2)7-8-18(17)29(12)25(35)13-3-5-14(28)6-4-13/h3-9,21-24,27,32-34H,10-11H2,1-2H3,(H,36,37)/t21-,22-,23+,24-,27+/m0/s1. The number of fused-ring (bicyclic) bond motifs is 1. The maximum atomic E-state index is 13.4. The summed E-state index contributed by atoms with van der Waals surface area (Å²) >= 11 is 5.95. The minimum absolute atomic E-state index is 0.349. The number of carbonyl (C=O) groups excluding carboxylic acids is 3. The van der Waals surface area contributed by atoms with Gasteiger partial charge in [0, 0.05) is 21.7 Å². The number of halogens is 1. The lowest BCUT2D eigenvalue weighted by Gasteiger charge is -2.37. The molecule has 1 aliphatic rings. The lowest BCUT2D eigenvalue weighted by atomic mass is 9.99. The van der Waals surface area contributed by atoms with Gasteiger partial charge < -0.3 is 39.4 Å². The Kier molecular flexibility index (Phi) is 8.95. The molecule has 41 heavy (non-hydrogen) atoms. The van der Waals surface area contributed by atoms with E-state index in [2.05, 4.69) is 0 Å². The Hall–Kier alpha value is -4.01. The average molecular weight is 592 g/mol. The average Bonchev–Trinajstić information content (AvgIpc) is 3.21. The number of aliphatic carboxylic acids is 1. The number of methoxy groups -OCH3 is 1. The van der Waals surface area contributed by atoms with Crippen LogP contribution >= 0.6 is 11.6 Å². The van der Waals surface area contributed by atoms with Crippen LogP contribution in [0.5, 0.6) is 5.75 Å². The zero-order valence-corrected chi connectivity index (χ0v) is 22.5. The van der Waals surface area contributed by atoms with Crippen LogP contribution in [-0.4, -0.2) is 93.2 Å². The molecule has 0 aliphatic carbocycles. The van der Waals surface area contributed by atoms with Gasteiger partial charge >= 0.3 is 17.9 Å². The van der Waals surface area contributed by atoms with Gasteiger partial charge in [-0.3, -0.25) is 14.2 Å². The number of aromatic nitrogens is 1. The van der Waals surface area contributed by atoms with E-state index in [1.165, 1.54) is 11.7 Å². The molecule has 0 unspecified atom stereocenters. The normalized spacial score (nSPS) is 22.2. The summed E-state index contributed by atoms with van der Waals surface area (Å²) in [7, 11) is 1.47. The second kappa shape index (κ2) is 12.2. The summed E-state index contributed by atoms with van der Waals surface area (Å²) in [5.41, 5.74) is 1.74. The lowest BCUT2D eigenvalue weighted by molar-refractivity contribution is -0.287. The molecular formula is C27H26ClNO12. The van der Waals surface area contributed by atoms with Crippen molar-refractivity contribution in [2.45, 2.75) is 44.1 Å². The first-order valence-corrected chi connectivity index (χ1v) is 12.6. The van der Waals surface area contributed by atoms with Crippen molar-refractivity contribution in [1.29, 1.82) is 0 Å². The number of carboxylic acid groups (broad SMARTS) is 1. The van der Waals surface area contributed by atoms with Gasteiger partial charge in [0.1, 0.15) is 24.1 Å². The number of hydrogen-bond donors (Lipinski definition) is 4. The van der Waals surface area contributed by atoms with Crippen LogP contribution in [0.3, 0.4) is 0 Å². The highest BCUT2D eigenvalue weighted by Gasteiger charge is 2.48. The minimum atomic E-state index is -1.97. The summed E-state index contributed by atoms with van der Waals surface area (Å²) in [4.78, 5) is 49.6. The van der Waals surface area contributed by atoms with Crippen molar-refractivity contribution in [2.24, 2.45) is 0 Å². The van der Waals surface area contributed by atoms with Crippen molar-refractivity contribution < 1.29 is 58.6 Å². The van der Waals surface area contributed by atoms with Crippen LogP contribution in [0.15, 0.2) is 42.5 Å². The van der Waals surface area contributed by atoms with Crippen LogP contribution in [-0.2, 0) is 35.0 Å². The first-order chi connectivity index (χ1) is 19.4. The molecular weight excluding hydrogens is 566 g/mol. The summed E-state index contributed by atoms with van der Waals surface area (Å²) in [6.07, 6.45) is -10.2. The Balaban J connectivity index is 1.49. The second-order valence-corrected chi connectivity index (χ2v) is 9.59. The van der Waals surface area contributed by atoms with Crippen molar-refractivity contribution in [3.8, 4) is 5.75 Å². The van der Waals surface area contributed by atoms with Gasteiger partial charge in [0.2, 0.25) is 6.29 Å². The van der Waals surface area contributed by atoms with Gasteiger partial charge in [-0.25, -0.2) is 9.59 Å². The summed E-state index contributed by atoms with van der Waals surface area (Å²) in [5, 5.41) is 39.7. The van der Waals surface area contributed by atoms with E-state index in [9.17, 15) is 34.5 Å². The first-order valence-electron chi connectivity index (χ1n) is 12.2. The van der Waals surface area contributed by atoms with E-state index in [4.69, 9.17) is 35.7 Å². The fraction of sp³-hybridized carbons (Fsp3) is 0.333. The number of hydrogen-bond acceptors (Lipinski definition) is 11. The number of benzene rings is 2. The quantitative estimate of drug-likeness (QED) is 0.270. The van der Waals surface area contributed by atoms with E-state index in [1.807, 2.05) is 0 Å². The second-order valence-electron chi connectivity index (χ2n) is 9.16. The number of aliphatic hydroxyl groups excluding tert-OH is 3. The molecule has 14 heteroatoms. The van der Waals surface area contributed by atoms with Gasteiger partial charge in [-0.05, 0) is 55.0 Å². The smallest absolute Gasteiger partial charge is 0.346 e. The molecule has 1 aromatic heterocycles. The molecule has 0 saturated carbocycles. The third-order valence-electron chi connectivity index (χ3n) is 6.57. The Morgan fingerprint density at radius 2 is 1.66 bits per heavy atom. The molecule has 13 nitrogen and oxygen atoms in total. The number of esters is 2. The summed E-state index contributed by atoms with van der Waals surface area (Å²) < 4.78 is 21.4. The molecule has 1 saturated heterocycles. The SMILES string of the molecule is COc1ccc2c(c1)c(CC(=O)OCC(=O)O[C@@H]1O[C@H](C(=O)O)[C@@H](O)[C@H](O)[C@H]1O)c(C)n2C(=O)c1ccc(Cl)cc1. The molecule has 4 rings (SSSR count). The number of ether oxygens (including phenoxy) is 4. The van der Waals surface area contributed by atoms with E-state index in [0.717, 1.165) is 0 Å². The van der Waals surface area contributed by atoms with Gasteiger partial charge in [-0.15, -0.1) is 0 Å². The third kappa shape index (κ3) is 6.19. The van der Waals surface area contributed by atoms with Crippen molar-refractivity contribution in [3.63, 3.8) is 0 Å². The van der Waals surface area contributed by atoms with Gasteiger partial charge in [-0.1, -0.05) is 11.6 Å². The number of carboxylic acids is 1. The molecule has 0 bridgehead atoms. The molecule has 218 valence electrons. The maximum absolute atomic E-state index is 13.4.